The van der Waals surface area contributed by atoms with E-state index in [0.29, 0.717) is 13.1 Å². The molecule has 1 atom stereocenters. The van der Waals surface area contributed by atoms with Crippen molar-refractivity contribution in [3.05, 3.63) is 42.7 Å². The molecule has 140 valence electrons. The highest BCUT2D eigenvalue weighted by molar-refractivity contribution is 5.79. The van der Waals surface area contributed by atoms with Gasteiger partial charge in [0, 0.05) is 37.7 Å². The van der Waals surface area contributed by atoms with Gasteiger partial charge in [-0.05, 0) is 44.2 Å². The van der Waals surface area contributed by atoms with Crippen LogP contribution >= 0.6 is 0 Å². The second-order valence-electron chi connectivity index (χ2n) is 7.55. The molecule has 0 radical (unpaired) electrons. The Hall–Kier alpha value is -2.50. The zero-order valence-corrected chi connectivity index (χ0v) is 16.1. The Morgan fingerprint density at radius 1 is 1.27 bits per heavy atom. The second kappa shape index (κ2) is 7.40. The molecule has 2 aromatic rings. The fourth-order valence-corrected chi connectivity index (χ4v) is 3.66. The van der Waals surface area contributed by atoms with Gasteiger partial charge in [0.2, 0.25) is 5.91 Å². The lowest BCUT2D eigenvalue weighted by Gasteiger charge is -2.49. The number of ether oxygens (including phenoxy) is 1. The standard InChI is InChI=1S/C20H28N4O2/c1-16(14-23-11-5-10-21-23)19(25)22-12-13-24(20(2,3)15-22)17-6-8-18(26-4)9-7-17/h5-11,16H,12-15H2,1-4H3/t16-/m0/s1. The van der Waals surface area contributed by atoms with E-state index >= 15 is 0 Å². The van der Waals surface area contributed by atoms with Gasteiger partial charge in [-0.25, -0.2) is 0 Å². The summed E-state index contributed by atoms with van der Waals surface area (Å²) in [5, 5.41) is 4.21. The van der Waals surface area contributed by atoms with E-state index in [1.165, 1.54) is 0 Å². The molecule has 1 aliphatic heterocycles. The highest BCUT2D eigenvalue weighted by Crippen LogP contribution is 2.30. The molecule has 0 spiro atoms. The molecule has 2 heterocycles. The van der Waals surface area contributed by atoms with E-state index in [1.807, 2.05) is 40.9 Å². The number of methoxy groups -OCH3 is 1. The summed E-state index contributed by atoms with van der Waals surface area (Å²) in [6.45, 7) is 9.24. The fourth-order valence-electron chi connectivity index (χ4n) is 3.66. The summed E-state index contributed by atoms with van der Waals surface area (Å²) >= 11 is 0. The molecule has 0 N–H and O–H groups in total. The van der Waals surface area contributed by atoms with Crippen LogP contribution in [0.5, 0.6) is 5.75 Å². The number of carbonyl (C=O) groups is 1. The monoisotopic (exact) mass is 356 g/mol. The number of rotatable bonds is 5. The van der Waals surface area contributed by atoms with Crippen LogP contribution in [0.2, 0.25) is 0 Å². The first-order valence-corrected chi connectivity index (χ1v) is 9.08. The number of benzene rings is 1. The van der Waals surface area contributed by atoms with Crippen LogP contribution < -0.4 is 9.64 Å². The lowest BCUT2D eigenvalue weighted by molar-refractivity contribution is -0.137. The Bertz CT molecular complexity index is 725. The number of nitrogens with zero attached hydrogens (tertiary/aromatic N) is 4. The lowest BCUT2D eigenvalue weighted by atomic mass is 9.96. The first-order valence-electron chi connectivity index (χ1n) is 9.08. The molecule has 3 rings (SSSR count). The molecule has 6 heteroatoms. The van der Waals surface area contributed by atoms with Gasteiger partial charge < -0.3 is 14.5 Å². The van der Waals surface area contributed by atoms with Gasteiger partial charge in [0.25, 0.3) is 0 Å². The zero-order valence-electron chi connectivity index (χ0n) is 16.1. The topological polar surface area (TPSA) is 50.6 Å². The molecular formula is C20H28N4O2. The summed E-state index contributed by atoms with van der Waals surface area (Å²) in [6, 6.07) is 10.0. The van der Waals surface area contributed by atoms with Crippen LogP contribution in [0.3, 0.4) is 0 Å². The summed E-state index contributed by atoms with van der Waals surface area (Å²) in [6.07, 6.45) is 3.64. The van der Waals surface area contributed by atoms with E-state index in [-0.39, 0.29) is 17.4 Å². The van der Waals surface area contributed by atoms with Crippen LogP contribution in [0, 0.1) is 5.92 Å². The molecule has 1 amide bonds. The summed E-state index contributed by atoms with van der Waals surface area (Å²) in [5.74, 6) is 0.967. The van der Waals surface area contributed by atoms with Crippen molar-refractivity contribution in [1.82, 2.24) is 14.7 Å². The highest BCUT2D eigenvalue weighted by Gasteiger charge is 2.36. The molecule has 1 aromatic carbocycles. The number of aromatic nitrogens is 2. The van der Waals surface area contributed by atoms with Crippen molar-refractivity contribution >= 4 is 11.6 Å². The molecule has 0 saturated carbocycles. The highest BCUT2D eigenvalue weighted by atomic mass is 16.5. The molecule has 6 nitrogen and oxygen atoms in total. The van der Waals surface area contributed by atoms with Crippen LogP contribution in [0.1, 0.15) is 20.8 Å². The van der Waals surface area contributed by atoms with E-state index in [4.69, 9.17) is 4.74 Å². The predicted octanol–water partition coefficient (Wildman–Crippen LogP) is 2.66. The SMILES string of the molecule is COc1ccc(N2CCN(C(=O)[C@@H](C)Cn3cccn3)CC2(C)C)cc1. The van der Waals surface area contributed by atoms with Gasteiger partial charge in [0.05, 0.1) is 25.1 Å². The summed E-state index contributed by atoms with van der Waals surface area (Å²) < 4.78 is 7.07. The Balaban J connectivity index is 1.66. The van der Waals surface area contributed by atoms with Crippen LogP contribution in [0.25, 0.3) is 0 Å². The van der Waals surface area contributed by atoms with Crippen LogP contribution in [-0.4, -0.2) is 52.9 Å². The molecule has 0 unspecified atom stereocenters. The van der Waals surface area contributed by atoms with Gasteiger partial charge in [-0.15, -0.1) is 0 Å². The Labute approximate surface area is 155 Å². The molecule has 0 aliphatic carbocycles. The van der Waals surface area contributed by atoms with E-state index in [0.717, 1.165) is 24.5 Å². The number of anilines is 1. The van der Waals surface area contributed by atoms with Crippen molar-refractivity contribution in [3.63, 3.8) is 0 Å². The minimum Gasteiger partial charge on any atom is -0.497 e. The van der Waals surface area contributed by atoms with Crippen molar-refractivity contribution in [3.8, 4) is 5.75 Å². The molecule has 1 aromatic heterocycles. The Morgan fingerprint density at radius 2 is 2.00 bits per heavy atom. The molecule has 0 bridgehead atoms. The average Bonchev–Trinajstić information content (AvgIpc) is 3.13. The third-order valence-corrected chi connectivity index (χ3v) is 5.04. The van der Waals surface area contributed by atoms with Gasteiger partial charge in [-0.3, -0.25) is 9.48 Å². The second-order valence-corrected chi connectivity index (χ2v) is 7.55. The van der Waals surface area contributed by atoms with Gasteiger partial charge in [-0.2, -0.15) is 5.10 Å². The third-order valence-electron chi connectivity index (χ3n) is 5.04. The normalized spacial score (nSPS) is 17.8. The van der Waals surface area contributed by atoms with Gasteiger partial charge in [0.1, 0.15) is 5.75 Å². The van der Waals surface area contributed by atoms with E-state index in [2.05, 4.69) is 36.0 Å². The first-order chi connectivity index (χ1) is 12.4. The third kappa shape index (κ3) is 3.84. The minimum atomic E-state index is -0.131. The molecule has 1 fully saturated rings. The van der Waals surface area contributed by atoms with E-state index in [1.54, 1.807) is 13.3 Å². The quantitative estimate of drug-likeness (QED) is 0.826. The van der Waals surface area contributed by atoms with Crippen LogP contribution in [0.4, 0.5) is 5.69 Å². The predicted molar refractivity (Wildman–Crippen MR) is 102 cm³/mol. The smallest absolute Gasteiger partial charge is 0.227 e. The van der Waals surface area contributed by atoms with E-state index in [9.17, 15) is 4.79 Å². The Kier molecular flexibility index (Phi) is 5.20. The summed E-state index contributed by atoms with van der Waals surface area (Å²) in [5.41, 5.74) is 1.03. The Morgan fingerprint density at radius 3 is 2.58 bits per heavy atom. The van der Waals surface area contributed by atoms with E-state index < -0.39 is 0 Å². The number of carbonyl (C=O) groups excluding carboxylic acids is 1. The van der Waals surface area contributed by atoms with Crippen molar-refractivity contribution in [2.24, 2.45) is 5.92 Å². The fraction of sp³-hybridized carbons (Fsp3) is 0.500. The minimum absolute atomic E-state index is 0.0850. The number of amides is 1. The van der Waals surface area contributed by atoms with Crippen molar-refractivity contribution in [2.75, 3.05) is 31.6 Å². The number of piperazine rings is 1. The zero-order chi connectivity index (χ0) is 18.7. The maximum absolute atomic E-state index is 12.9. The molecule has 1 aliphatic rings. The van der Waals surface area contributed by atoms with Crippen molar-refractivity contribution in [2.45, 2.75) is 32.9 Å². The van der Waals surface area contributed by atoms with Crippen LogP contribution in [0.15, 0.2) is 42.7 Å². The molecule has 26 heavy (non-hydrogen) atoms. The van der Waals surface area contributed by atoms with Gasteiger partial charge in [-0.1, -0.05) is 6.92 Å². The summed E-state index contributed by atoms with van der Waals surface area (Å²) in [4.78, 5) is 17.3. The van der Waals surface area contributed by atoms with Gasteiger partial charge >= 0.3 is 0 Å². The summed E-state index contributed by atoms with van der Waals surface area (Å²) in [7, 11) is 1.67. The molecular weight excluding hydrogens is 328 g/mol. The largest absolute Gasteiger partial charge is 0.497 e. The maximum atomic E-state index is 12.9. The average molecular weight is 356 g/mol. The first kappa shape index (κ1) is 18.3. The van der Waals surface area contributed by atoms with Crippen LogP contribution in [-0.2, 0) is 11.3 Å². The lowest BCUT2D eigenvalue weighted by Crippen LogP contribution is -2.61. The molecule has 1 saturated heterocycles. The van der Waals surface area contributed by atoms with Gasteiger partial charge in [0.15, 0.2) is 0 Å². The van der Waals surface area contributed by atoms with Crippen molar-refractivity contribution < 1.29 is 9.53 Å². The van der Waals surface area contributed by atoms with Crippen molar-refractivity contribution in [1.29, 1.82) is 0 Å². The number of hydrogen-bond donors (Lipinski definition) is 0. The number of hydrogen-bond acceptors (Lipinski definition) is 4. The maximum Gasteiger partial charge on any atom is 0.227 e.